The van der Waals surface area contributed by atoms with E-state index >= 15 is 0 Å². The van der Waals surface area contributed by atoms with Crippen LogP contribution in [0.15, 0.2) is 24.5 Å². The van der Waals surface area contributed by atoms with Gasteiger partial charge in [-0.3, -0.25) is 4.90 Å². The largest absolute Gasteiger partial charge is 0.307 e. The summed E-state index contributed by atoms with van der Waals surface area (Å²) in [5, 5.41) is 0.740. The number of aromatic nitrogens is 2. The van der Waals surface area contributed by atoms with Crippen molar-refractivity contribution in [3.05, 3.63) is 35.2 Å². The fraction of sp³-hybridized carbons (Fsp3) is 0.417. The molecule has 0 bridgehead atoms. The van der Waals surface area contributed by atoms with E-state index in [1.165, 1.54) is 19.4 Å². The minimum absolute atomic E-state index is 0.471. The maximum Gasteiger partial charge on any atom is 0.138 e. The van der Waals surface area contributed by atoms with Crippen molar-refractivity contribution in [2.24, 2.45) is 0 Å². The summed E-state index contributed by atoms with van der Waals surface area (Å²) in [5.41, 5.74) is 2.09. The average molecular weight is 236 g/mol. The maximum atomic E-state index is 5.95. The lowest BCUT2D eigenvalue weighted by molar-refractivity contribution is 0.313. The number of halogens is 1. The van der Waals surface area contributed by atoms with Crippen LogP contribution in [0.3, 0.4) is 0 Å². The van der Waals surface area contributed by atoms with Crippen LogP contribution in [0.5, 0.6) is 0 Å². The molecule has 0 radical (unpaired) electrons. The molecule has 0 aliphatic carbocycles. The number of hydrogen-bond donors (Lipinski definition) is 0. The molecule has 1 fully saturated rings. The smallest absolute Gasteiger partial charge is 0.138 e. The Morgan fingerprint density at radius 1 is 1.50 bits per heavy atom. The fourth-order valence-corrected chi connectivity index (χ4v) is 2.58. The number of nitrogens with zero attached hydrogens (tertiary/aromatic N) is 3. The minimum atomic E-state index is 0.471. The molecule has 1 aliphatic rings. The topological polar surface area (TPSA) is 20.5 Å². The van der Waals surface area contributed by atoms with Crippen LogP contribution >= 0.6 is 11.6 Å². The van der Waals surface area contributed by atoms with Gasteiger partial charge in [-0.2, -0.15) is 0 Å². The molecule has 0 saturated carbocycles. The third-order valence-corrected chi connectivity index (χ3v) is 3.54. The molecule has 3 heterocycles. The van der Waals surface area contributed by atoms with Crippen molar-refractivity contribution in [2.45, 2.75) is 18.9 Å². The summed E-state index contributed by atoms with van der Waals surface area (Å²) in [4.78, 5) is 7.01. The Morgan fingerprint density at radius 2 is 2.38 bits per heavy atom. The Kier molecular flexibility index (Phi) is 2.37. The molecule has 1 atom stereocenters. The molecule has 3 nitrogen and oxygen atoms in total. The molecule has 1 unspecified atom stereocenters. The van der Waals surface area contributed by atoms with E-state index in [1.807, 2.05) is 22.7 Å². The molecule has 0 aromatic carbocycles. The van der Waals surface area contributed by atoms with Crippen LogP contribution in [-0.4, -0.2) is 27.9 Å². The second-order valence-electron chi connectivity index (χ2n) is 4.41. The molecule has 4 heteroatoms. The van der Waals surface area contributed by atoms with Crippen LogP contribution in [0.4, 0.5) is 0 Å². The SMILES string of the molecule is CN1CCCC1c1cn2ccc(Cl)cc2n1. The highest BCUT2D eigenvalue weighted by molar-refractivity contribution is 6.30. The first-order chi connectivity index (χ1) is 7.74. The maximum absolute atomic E-state index is 5.95. The van der Waals surface area contributed by atoms with Crippen molar-refractivity contribution in [1.29, 1.82) is 0 Å². The first kappa shape index (κ1) is 10.1. The number of rotatable bonds is 1. The van der Waals surface area contributed by atoms with Gasteiger partial charge in [0.2, 0.25) is 0 Å². The second-order valence-corrected chi connectivity index (χ2v) is 4.85. The van der Waals surface area contributed by atoms with Gasteiger partial charge in [0, 0.05) is 17.4 Å². The standard InChI is InChI=1S/C12H14ClN3/c1-15-5-2-3-11(15)10-8-16-6-4-9(13)7-12(16)14-10/h4,6-8,11H,2-3,5H2,1H3. The summed E-state index contributed by atoms with van der Waals surface area (Å²) in [5.74, 6) is 0. The van der Waals surface area contributed by atoms with Crippen molar-refractivity contribution in [3.63, 3.8) is 0 Å². The highest BCUT2D eigenvalue weighted by atomic mass is 35.5. The quantitative estimate of drug-likeness (QED) is 0.758. The number of pyridine rings is 1. The summed E-state index contributed by atoms with van der Waals surface area (Å²) in [7, 11) is 2.16. The van der Waals surface area contributed by atoms with Crippen LogP contribution in [0.1, 0.15) is 24.6 Å². The van der Waals surface area contributed by atoms with E-state index in [0.29, 0.717) is 6.04 Å². The average Bonchev–Trinajstić information content (AvgIpc) is 2.82. The molecule has 84 valence electrons. The molecule has 0 amide bonds. The van der Waals surface area contributed by atoms with Gasteiger partial charge in [-0.1, -0.05) is 11.6 Å². The zero-order chi connectivity index (χ0) is 11.1. The van der Waals surface area contributed by atoms with E-state index in [9.17, 15) is 0 Å². The van der Waals surface area contributed by atoms with Gasteiger partial charge < -0.3 is 4.40 Å². The van der Waals surface area contributed by atoms with E-state index in [2.05, 4.69) is 23.1 Å². The molecule has 3 rings (SSSR count). The lowest BCUT2D eigenvalue weighted by Gasteiger charge is -2.16. The van der Waals surface area contributed by atoms with E-state index in [4.69, 9.17) is 11.6 Å². The summed E-state index contributed by atoms with van der Waals surface area (Å²) >= 11 is 5.95. The van der Waals surface area contributed by atoms with Gasteiger partial charge in [0.1, 0.15) is 5.65 Å². The minimum Gasteiger partial charge on any atom is -0.307 e. The number of hydrogen-bond acceptors (Lipinski definition) is 2. The predicted molar refractivity (Wildman–Crippen MR) is 64.8 cm³/mol. The van der Waals surface area contributed by atoms with Gasteiger partial charge in [0.05, 0.1) is 11.7 Å². The van der Waals surface area contributed by atoms with Gasteiger partial charge in [-0.15, -0.1) is 0 Å². The molecule has 2 aromatic heterocycles. The highest BCUT2D eigenvalue weighted by Gasteiger charge is 2.24. The third kappa shape index (κ3) is 1.60. The van der Waals surface area contributed by atoms with Crippen molar-refractivity contribution in [3.8, 4) is 0 Å². The Balaban J connectivity index is 2.04. The lowest BCUT2D eigenvalue weighted by atomic mass is 10.2. The molecule has 0 N–H and O–H groups in total. The fourth-order valence-electron chi connectivity index (χ4n) is 2.42. The Hall–Kier alpha value is -1.06. The summed E-state index contributed by atoms with van der Waals surface area (Å²) in [6.07, 6.45) is 6.53. The lowest BCUT2D eigenvalue weighted by Crippen LogP contribution is -2.17. The summed E-state index contributed by atoms with van der Waals surface area (Å²) < 4.78 is 2.04. The van der Waals surface area contributed by atoms with E-state index in [-0.39, 0.29) is 0 Å². The Labute approximate surface area is 99.7 Å². The van der Waals surface area contributed by atoms with Crippen LogP contribution in [0.2, 0.25) is 5.02 Å². The molecule has 0 spiro atoms. The van der Waals surface area contributed by atoms with Crippen LogP contribution in [-0.2, 0) is 0 Å². The number of likely N-dealkylation sites (tertiary alicyclic amines) is 1. The monoisotopic (exact) mass is 235 g/mol. The first-order valence-electron chi connectivity index (χ1n) is 5.58. The molecule has 1 aliphatic heterocycles. The van der Waals surface area contributed by atoms with Gasteiger partial charge in [-0.05, 0) is 38.6 Å². The zero-order valence-corrected chi connectivity index (χ0v) is 9.98. The van der Waals surface area contributed by atoms with Crippen LogP contribution in [0.25, 0.3) is 5.65 Å². The van der Waals surface area contributed by atoms with E-state index in [1.54, 1.807) is 0 Å². The normalized spacial score (nSPS) is 22.0. The van der Waals surface area contributed by atoms with Crippen LogP contribution in [0, 0.1) is 0 Å². The predicted octanol–water partition coefficient (Wildman–Crippen LogP) is 2.75. The van der Waals surface area contributed by atoms with Gasteiger partial charge >= 0.3 is 0 Å². The molecular formula is C12H14ClN3. The summed E-state index contributed by atoms with van der Waals surface area (Å²) in [6, 6.07) is 4.26. The molecule has 2 aromatic rings. The number of imidazole rings is 1. The summed E-state index contributed by atoms with van der Waals surface area (Å²) in [6.45, 7) is 1.17. The Bertz CT molecular complexity index is 520. The van der Waals surface area contributed by atoms with Crippen LogP contribution < -0.4 is 0 Å². The molecule has 1 saturated heterocycles. The van der Waals surface area contributed by atoms with Gasteiger partial charge in [-0.25, -0.2) is 4.98 Å². The first-order valence-corrected chi connectivity index (χ1v) is 5.96. The van der Waals surface area contributed by atoms with Crippen molar-refractivity contribution >= 4 is 17.2 Å². The number of fused-ring (bicyclic) bond motifs is 1. The highest BCUT2D eigenvalue weighted by Crippen LogP contribution is 2.29. The van der Waals surface area contributed by atoms with E-state index in [0.717, 1.165) is 16.4 Å². The molecule has 16 heavy (non-hydrogen) atoms. The molecular weight excluding hydrogens is 222 g/mol. The zero-order valence-electron chi connectivity index (χ0n) is 9.23. The van der Waals surface area contributed by atoms with Crippen molar-refractivity contribution < 1.29 is 0 Å². The van der Waals surface area contributed by atoms with Crippen molar-refractivity contribution in [2.75, 3.05) is 13.6 Å². The third-order valence-electron chi connectivity index (χ3n) is 3.30. The van der Waals surface area contributed by atoms with E-state index < -0.39 is 0 Å². The second kappa shape index (κ2) is 3.75. The van der Waals surface area contributed by atoms with Gasteiger partial charge in [0.25, 0.3) is 0 Å². The van der Waals surface area contributed by atoms with Crippen molar-refractivity contribution in [1.82, 2.24) is 14.3 Å². The van der Waals surface area contributed by atoms with Gasteiger partial charge in [0.15, 0.2) is 0 Å². The Morgan fingerprint density at radius 3 is 3.12 bits per heavy atom.